The van der Waals surface area contributed by atoms with Gasteiger partial charge in [-0.3, -0.25) is 14.4 Å². The molecule has 0 aliphatic carbocycles. The monoisotopic (exact) mass is 520 g/mol. The van der Waals surface area contributed by atoms with Gasteiger partial charge >= 0.3 is 6.09 Å². The third-order valence-corrected chi connectivity index (χ3v) is 5.11. The van der Waals surface area contributed by atoms with Gasteiger partial charge in [-0.15, -0.1) is 0 Å². The lowest BCUT2D eigenvalue weighted by molar-refractivity contribution is -0.133. The van der Waals surface area contributed by atoms with Gasteiger partial charge in [0.25, 0.3) is 0 Å². The van der Waals surface area contributed by atoms with Crippen LogP contribution >= 0.6 is 0 Å². The lowest BCUT2D eigenvalue weighted by atomic mass is 10.00. The van der Waals surface area contributed by atoms with Crippen molar-refractivity contribution < 1.29 is 28.7 Å². The van der Waals surface area contributed by atoms with Crippen LogP contribution in [0.5, 0.6) is 0 Å². The summed E-state index contributed by atoms with van der Waals surface area (Å²) >= 11 is 0. The van der Waals surface area contributed by atoms with Crippen molar-refractivity contribution in [3.8, 4) is 0 Å². The quantitative estimate of drug-likeness (QED) is 0.296. The molecule has 1 rings (SSSR count). The average Bonchev–Trinajstić information content (AvgIpc) is 2.76. The molecule has 0 spiro atoms. The maximum atomic E-state index is 13.2. The fraction of sp³-hybridized carbons (Fsp3) is 0.630. The molecular weight excluding hydrogens is 476 g/mol. The van der Waals surface area contributed by atoms with Crippen LogP contribution in [0.2, 0.25) is 0 Å². The summed E-state index contributed by atoms with van der Waals surface area (Å²) in [6.07, 6.45) is -0.0968. The van der Waals surface area contributed by atoms with Crippen LogP contribution in [0, 0.1) is 11.8 Å². The molecule has 0 aliphatic rings. The Morgan fingerprint density at radius 1 is 0.811 bits per heavy atom. The van der Waals surface area contributed by atoms with E-state index in [1.807, 2.05) is 58.0 Å². The number of hydrogen-bond acceptors (Lipinski definition) is 6. The van der Waals surface area contributed by atoms with Crippen molar-refractivity contribution >= 4 is 23.8 Å². The van der Waals surface area contributed by atoms with Gasteiger partial charge in [0.2, 0.25) is 17.7 Å². The summed E-state index contributed by atoms with van der Waals surface area (Å²) < 4.78 is 11.0. The number of nitrogens with one attached hydrogen (secondary N) is 3. The number of amides is 4. The van der Waals surface area contributed by atoms with Crippen LogP contribution in [-0.2, 0) is 30.5 Å². The molecule has 0 unspecified atom stereocenters. The van der Waals surface area contributed by atoms with E-state index in [0.29, 0.717) is 12.8 Å². The molecular formula is C27H44N4O6. The highest BCUT2D eigenvalue weighted by molar-refractivity contribution is 5.93. The highest BCUT2D eigenvalue weighted by atomic mass is 16.6. The van der Waals surface area contributed by atoms with Gasteiger partial charge in [-0.2, -0.15) is 0 Å². The zero-order valence-electron chi connectivity index (χ0n) is 23.1. The largest absolute Gasteiger partial charge is 0.444 e. The third kappa shape index (κ3) is 13.7. The topological polar surface area (TPSA) is 149 Å². The summed E-state index contributed by atoms with van der Waals surface area (Å²) in [6, 6.07) is 6.46. The van der Waals surface area contributed by atoms with Crippen molar-refractivity contribution in [2.45, 2.75) is 91.6 Å². The second-order valence-corrected chi connectivity index (χ2v) is 11.0. The van der Waals surface area contributed by atoms with Gasteiger partial charge in [-0.05, 0) is 51.0 Å². The molecule has 0 fully saturated rings. The first-order valence-electron chi connectivity index (χ1n) is 12.7. The minimum atomic E-state index is -1.12. The molecule has 0 saturated heterocycles. The van der Waals surface area contributed by atoms with Crippen molar-refractivity contribution in [2.24, 2.45) is 17.6 Å². The van der Waals surface area contributed by atoms with Crippen molar-refractivity contribution in [3.05, 3.63) is 35.9 Å². The molecule has 0 radical (unpaired) electrons. The Hall–Kier alpha value is -3.14. The first kappa shape index (κ1) is 31.9. The second-order valence-electron chi connectivity index (χ2n) is 11.0. The predicted octanol–water partition coefficient (Wildman–Crippen LogP) is 2.64. The van der Waals surface area contributed by atoms with E-state index < -0.39 is 47.5 Å². The van der Waals surface area contributed by atoms with Crippen LogP contribution in [-0.4, -0.2) is 54.1 Å². The second kappa shape index (κ2) is 15.2. The summed E-state index contributed by atoms with van der Waals surface area (Å²) in [4.78, 5) is 50.6. The molecule has 208 valence electrons. The molecule has 1 aromatic carbocycles. The first-order valence-corrected chi connectivity index (χ1v) is 12.7. The SMILES string of the molecule is CC(C)C[C@H](NC(=O)[C@@H](CC(C)C)NC(=O)[C@H](COCc1ccccc1)NC(=O)OC(C)(C)C)C(N)=O. The van der Waals surface area contributed by atoms with Gasteiger partial charge in [-0.1, -0.05) is 58.0 Å². The lowest BCUT2D eigenvalue weighted by Crippen LogP contribution is -2.58. The Balaban J connectivity index is 3.00. The molecule has 0 aliphatic heterocycles. The molecule has 5 N–H and O–H groups in total. The zero-order valence-corrected chi connectivity index (χ0v) is 23.1. The fourth-order valence-electron chi connectivity index (χ4n) is 3.47. The maximum absolute atomic E-state index is 13.2. The highest BCUT2D eigenvalue weighted by Crippen LogP contribution is 2.10. The van der Waals surface area contributed by atoms with Gasteiger partial charge < -0.3 is 31.2 Å². The Labute approximate surface area is 220 Å². The van der Waals surface area contributed by atoms with E-state index in [1.54, 1.807) is 20.8 Å². The fourth-order valence-corrected chi connectivity index (χ4v) is 3.47. The van der Waals surface area contributed by atoms with Crippen molar-refractivity contribution in [1.29, 1.82) is 0 Å². The number of benzene rings is 1. The van der Waals surface area contributed by atoms with Crippen LogP contribution in [0.4, 0.5) is 4.79 Å². The van der Waals surface area contributed by atoms with Gasteiger partial charge in [-0.25, -0.2) is 4.79 Å². The zero-order chi connectivity index (χ0) is 28.2. The number of rotatable bonds is 14. The number of carbonyl (C=O) groups is 4. The highest BCUT2D eigenvalue weighted by Gasteiger charge is 2.31. The summed E-state index contributed by atoms with van der Waals surface area (Å²) in [5.41, 5.74) is 5.61. The summed E-state index contributed by atoms with van der Waals surface area (Å²) in [5, 5.41) is 7.91. The Morgan fingerprint density at radius 2 is 1.32 bits per heavy atom. The molecule has 0 heterocycles. The van der Waals surface area contributed by atoms with Gasteiger partial charge in [0, 0.05) is 0 Å². The molecule has 1 aromatic rings. The number of hydrogen-bond donors (Lipinski definition) is 4. The minimum absolute atomic E-state index is 0.0553. The van der Waals surface area contributed by atoms with E-state index in [1.165, 1.54) is 0 Å². The number of nitrogens with two attached hydrogens (primary N) is 1. The van der Waals surface area contributed by atoms with Crippen LogP contribution in [0.3, 0.4) is 0 Å². The third-order valence-electron chi connectivity index (χ3n) is 5.11. The standard InChI is InChI=1S/C27H44N4O6/c1-17(2)13-20(23(28)32)29-24(33)21(14-18(3)4)30-25(34)22(31-26(35)37-27(5,6)7)16-36-15-19-11-9-8-10-12-19/h8-12,17-18,20-22H,13-16H2,1-7H3,(H2,28,32)(H,29,33)(H,30,34)(H,31,35)/t20-,21+,22-/m0/s1. The summed E-state index contributed by atoms with van der Waals surface area (Å²) in [7, 11) is 0. The Kier molecular flexibility index (Phi) is 13.1. The predicted molar refractivity (Wildman–Crippen MR) is 141 cm³/mol. The van der Waals surface area contributed by atoms with Crippen LogP contribution in [0.1, 0.15) is 66.9 Å². The van der Waals surface area contributed by atoms with E-state index in [9.17, 15) is 19.2 Å². The number of primary amides is 1. The molecule has 0 bridgehead atoms. The van der Waals surface area contributed by atoms with E-state index in [4.69, 9.17) is 15.2 Å². The number of ether oxygens (including phenoxy) is 2. The van der Waals surface area contributed by atoms with Crippen molar-refractivity contribution in [2.75, 3.05) is 6.61 Å². The molecule has 10 heteroatoms. The van der Waals surface area contributed by atoms with Crippen LogP contribution < -0.4 is 21.7 Å². The average molecular weight is 521 g/mol. The number of carbonyl (C=O) groups excluding carboxylic acids is 4. The molecule has 3 atom stereocenters. The van der Waals surface area contributed by atoms with Gasteiger partial charge in [0.1, 0.15) is 23.7 Å². The maximum Gasteiger partial charge on any atom is 0.408 e. The van der Waals surface area contributed by atoms with E-state index in [-0.39, 0.29) is 25.0 Å². The summed E-state index contributed by atoms with van der Waals surface area (Å²) in [6.45, 7) is 12.9. The Bertz CT molecular complexity index is 883. The van der Waals surface area contributed by atoms with E-state index in [2.05, 4.69) is 16.0 Å². The van der Waals surface area contributed by atoms with Crippen molar-refractivity contribution in [1.82, 2.24) is 16.0 Å². The van der Waals surface area contributed by atoms with E-state index >= 15 is 0 Å². The first-order chi connectivity index (χ1) is 17.2. The smallest absolute Gasteiger partial charge is 0.408 e. The summed E-state index contributed by atoms with van der Waals surface area (Å²) in [5.74, 6) is -1.60. The molecule has 10 nitrogen and oxygen atoms in total. The normalized spacial score (nSPS) is 14.0. The molecule has 0 aromatic heterocycles. The van der Waals surface area contributed by atoms with E-state index in [0.717, 1.165) is 5.56 Å². The van der Waals surface area contributed by atoms with Crippen LogP contribution in [0.15, 0.2) is 30.3 Å². The molecule has 4 amide bonds. The minimum Gasteiger partial charge on any atom is -0.444 e. The number of alkyl carbamates (subject to hydrolysis) is 1. The van der Waals surface area contributed by atoms with Gasteiger partial charge in [0.05, 0.1) is 13.2 Å². The van der Waals surface area contributed by atoms with Gasteiger partial charge in [0.15, 0.2) is 0 Å². The molecule has 0 saturated carbocycles. The van der Waals surface area contributed by atoms with Crippen molar-refractivity contribution in [3.63, 3.8) is 0 Å². The van der Waals surface area contributed by atoms with Crippen LogP contribution in [0.25, 0.3) is 0 Å². The molecule has 37 heavy (non-hydrogen) atoms. The Morgan fingerprint density at radius 3 is 1.84 bits per heavy atom. The lowest BCUT2D eigenvalue weighted by Gasteiger charge is -2.27.